The Balaban J connectivity index is 1.84. The Morgan fingerprint density at radius 3 is 2.70 bits per heavy atom. The molecule has 2 N–H and O–H groups in total. The summed E-state index contributed by atoms with van der Waals surface area (Å²) in [6.45, 7) is 1.13. The molecule has 0 radical (unpaired) electrons. The predicted molar refractivity (Wildman–Crippen MR) is 87.7 cm³/mol. The molecule has 1 saturated heterocycles. The van der Waals surface area contributed by atoms with Crippen molar-refractivity contribution in [3.8, 4) is 0 Å². The number of alkyl halides is 3. The Labute approximate surface area is 151 Å². The van der Waals surface area contributed by atoms with Crippen molar-refractivity contribution >= 4 is 17.3 Å². The molecule has 2 aliphatic rings. The number of benzene rings is 2. The first kappa shape index (κ1) is 17.7. The van der Waals surface area contributed by atoms with E-state index in [1.165, 1.54) is 23.1 Å². The van der Waals surface area contributed by atoms with Crippen LogP contribution < -0.4 is 10.6 Å². The molecule has 0 saturated carbocycles. The molecule has 4 nitrogen and oxygen atoms in total. The van der Waals surface area contributed by atoms with Crippen LogP contribution in [-0.4, -0.2) is 30.4 Å². The Kier molecular flexibility index (Phi) is 4.06. The molecule has 2 heterocycles. The minimum absolute atomic E-state index is 0.0641. The standard InChI is InChI=1S/C18H14F5N3O/c19-12-2-1-3-13(16(12)20)25-9-6-10-14-8-24-4-5-26(14)17(27)15(10)11(7-9)18(21,22)23/h1-3,6-7,14,24-25H,4-5,8H2/t14-/m0/s1. The van der Waals surface area contributed by atoms with Gasteiger partial charge < -0.3 is 15.5 Å². The molecule has 9 heteroatoms. The first-order valence-corrected chi connectivity index (χ1v) is 8.25. The van der Waals surface area contributed by atoms with Crippen molar-refractivity contribution in [2.24, 2.45) is 0 Å². The van der Waals surface area contributed by atoms with E-state index < -0.39 is 35.3 Å². The minimum Gasteiger partial charge on any atom is -0.353 e. The summed E-state index contributed by atoms with van der Waals surface area (Å²) in [5.74, 6) is -2.97. The van der Waals surface area contributed by atoms with Gasteiger partial charge in [-0.1, -0.05) is 6.07 Å². The number of carbonyl (C=O) groups excluding carboxylic acids is 1. The van der Waals surface area contributed by atoms with Crippen LogP contribution in [0.25, 0.3) is 0 Å². The molecule has 0 unspecified atom stereocenters. The molecule has 2 aromatic carbocycles. The zero-order valence-electron chi connectivity index (χ0n) is 13.8. The first-order chi connectivity index (χ1) is 12.8. The molecule has 0 bridgehead atoms. The summed E-state index contributed by atoms with van der Waals surface area (Å²) in [4.78, 5) is 13.9. The molecule has 2 aliphatic heterocycles. The minimum atomic E-state index is -4.76. The van der Waals surface area contributed by atoms with Crippen molar-refractivity contribution in [1.29, 1.82) is 0 Å². The monoisotopic (exact) mass is 383 g/mol. The highest BCUT2D eigenvalue weighted by molar-refractivity contribution is 6.01. The van der Waals surface area contributed by atoms with Crippen LogP contribution in [-0.2, 0) is 6.18 Å². The molecule has 142 valence electrons. The van der Waals surface area contributed by atoms with E-state index in [1.54, 1.807) is 0 Å². The van der Waals surface area contributed by atoms with Crippen LogP contribution in [0.2, 0.25) is 0 Å². The van der Waals surface area contributed by atoms with Crippen LogP contribution in [0.4, 0.5) is 33.3 Å². The van der Waals surface area contributed by atoms with Gasteiger partial charge in [-0.3, -0.25) is 4.79 Å². The number of piperazine rings is 1. The Hall–Kier alpha value is -2.68. The summed E-state index contributed by atoms with van der Waals surface area (Å²) >= 11 is 0. The van der Waals surface area contributed by atoms with Crippen molar-refractivity contribution in [3.63, 3.8) is 0 Å². The van der Waals surface area contributed by atoms with Gasteiger partial charge in [0.25, 0.3) is 5.91 Å². The number of hydrogen-bond donors (Lipinski definition) is 2. The number of hydrogen-bond acceptors (Lipinski definition) is 3. The number of nitrogens with zero attached hydrogens (tertiary/aromatic N) is 1. The van der Waals surface area contributed by atoms with Crippen LogP contribution >= 0.6 is 0 Å². The van der Waals surface area contributed by atoms with Crippen LogP contribution in [0.3, 0.4) is 0 Å². The lowest BCUT2D eigenvalue weighted by atomic mass is 9.97. The third-order valence-electron chi connectivity index (χ3n) is 4.78. The number of fused-ring (bicyclic) bond motifs is 3. The van der Waals surface area contributed by atoms with Gasteiger partial charge in [0.15, 0.2) is 11.6 Å². The Morgan fingerprint density at radius 1 is 1.19 bits per heavy atom. The summed E-state index contributed by atoms with van der Waals surface area (Å²) < 4.78 is 68.1. The zero-order chi connectivity index (χ0) is 19.3. The molecule has 4 rings (SSSR count). The van der Waals surface area contributed by atoms with Gasteiger partial charge in [-0.15, -0.1) is 0 Å². The molecule has 1 amide bonds. The fourth-order valence-corrected chi connectivity index (χ4v) is 3.59. The van der Waals surface area contributed by atoms with Crippen molar-refractivity contribution in [3.05, 3.63) is 58.7 Å². The number of anilines is 2. The van der Waals surface area contributed by atoms with E-state index in [0.717, 1.165) is 12.1 Å². The lowest BCUT2D eigenvalue weighted by Crippen LogP contribution is -2.44. The second-order valence-corrected chi connectivity index (χ2v) is 6.43. The van der Waals surface area contributed by atoms with Gasteiger partial charge >= 0.3 is 6.18 Å². The van der Waals surface area contributed by atoms with Crippen LogP contribution in [0.5, 0.6) is 0 Å². The van der Waals surface area contributed by atoms with Crippen molar-refractivity contribution in [1.82, 2.24) is 10.2 Å². The highest BCUT2D eigenvalue weighted by Crippen LogP contribution is 2.44. The fourth-order valence-electron chi connectivity index (χ4n) is 3.59. The largest absolute Gasteiger partial charge is 0.417 e. The molecule has 1 fully saturated rings. The molecule has 27 heavy (non-hydrogen) atoms. The van der Waals surface area contributed by atoms with Gasteiger partial charge in [0.05, 0.1) is 22.9 Å². The summed E-state index contributed by atoms with van der Waals surface area (Å²) in [7, 11) is 0. The number of halogens is 5. The lowest BCUT2D eigenvalue weighted by Gasteiger charge is -2.30. The number of amides is 1. The van der Waals surface area contributed by atoms with Gasteiger partial charge in [0.1, 0.15) is 0 Å². The summed E-state index contributed by atoms with van der Waals surface area (Å²) in [5, 5.41) is 5.56. The Morgan fingerprint density at radius 2 is 1.96 bits per heavy atom. The average Bonchev–Trinajstić information content (AvgIpc) is 2.91. The van der Waals surface area contributed by atoms with E-state index in [2.05, 4.69) is 10.6 Å². The quantitative estimate of drug-likeness (QED) is 0.775. The van der Waals surface area contributed by atoms with Gasteiger partial charge in [0.2, 0.25) is 0 Å². The molecule has 0 aliphatic carbocycles. The number of nitrogens with one attached hydrogen (secondary N) is 2. The van der Waals surface area contributed by atoms with E-state index in [4.69, 9.17) is 0 Å². The number of carbonyl (C=O) groups is 1. The van der Waals surface area contributed by atoms with E-state index in [-0.39, 0.29) is 22.5 Å². The average molecular weight is 383 g/mol. The molecule has 0 aromatic heterocycles. The maximum absolute atomic E-state index is 13.9. The van der Waals surface area contributed by atoms with Crippen LogP contribution in [0.1, 0.15) is 27.5 Å². The number of rotatable bonds is 2. The highest BCUT2D eigenvalue weighted by Gasteiger charge is 2.45. The third kappa shape index (κ3) is 2.91. The van der Waals surface area contributed by atoms with Crippen molar-refractivity contribution < 1.29 is 26.7 Å². The summed E-state index contributed by atoms with van der Waals surface area (Å²) in [6.07, 6.45) is -4.76. The molecule has 1 atom stereocenters. The summed E-state index contributed by atoms with van der Waals surface area (Å²) in [6, 6.07) is 5.00. The molecular formula is C18H14F5N3O. The van der Waals surface area contributed by atoms with Gasteiger partial charge in [-0.25, -0.2) is 8.78 Å². The maximum Gasteiger partial charge on any atom is 0.417 e. The summed E-state index contributed by atoms with van der Waals surface area (Å²) in [5.41, 5.74) is -1.58. The van der Waals surface area contributed by atoms with Crippen LogP contribution in [0.15, 0.2) is 30.3 Å². The first-order valence-electron chi connectivity index (χ1n) is 8.25. The second kappa shape index (κ2) is 6.19. The smallest absolute Gasteiger partial charge is 0.353 e. The molecule has 2 aromatic rings. The maximum atomic E-state index is 13.9. The van der Waals surface area contributed by atoms with E-state index in [1.807, 2.05) is 0 Å². The van der Waals surface area contributed by atoms with Gasteiger partial charge in [0, 0.05) is 25.3 Å². The van der Waals surface area contributed by atoms with Gasteiger partial charge in [-0.2, -0.15) is 13.2 Å². The van der Waals surface area contributed by atoms with Gasteiger partial charge in [-0.05, 0) is 29.8 Å². The predicted octanol–water partition coefficient (Wildman–Crippen LogP) is 3.83. The Bertz CT molecular complexity index is 928. The van der Waals surface area contributed by atoms with Crippen molar-refractivity contribution in [2.75, 3.05) is 25.0 Å². The zero-order valence-corrected chi connectivity index (χ0v) is 13.8. The van der Waals surface area contributed by atoms with E-state index in [0.29, 0.717) is 19.6 Å². The molecular weight excluding hydrogens is 369 g/mol. The second-order valence-electron chi connectivity index (χ2n) is 6.43. The topological polar surface area (TPSA) is 44.4 Å². The van der Waals surface area contributed by atoms with Crippen LogP contribution in [0, 0.1) is 11.6 Å². The molecule has 0 spiro atoms. The SMILES string of the molecule is O=C1c2c(cc(Nc3cccc(F)c3F)cc2C(F)(F)F)[C@@H]2CNCCN12. The third-order valence-corrected chi connectivity index (χ3v) is 4.78. The van der Waals surface area contributed by atoms with E-state index >= 15 is 0 Å². The lowest BCUT2D eigenvalue weighted by molar-refractivity contribution is -0.137. The van der Waals surface area contributed by atoms with Crippen molar-refractivity contribution in [2.45, 2.75) is 12.2 Å². The fraction of sp³-hybridized carbons (Fsp3) is 0.278. The van der Waals surface area contributed by atoms with E-state index in [9.17, 15) is 26.7 Å². The normalized spacial score (nSPS) is 19.1. The highest BCUT2D eigenvalue weighted by atomic mass is 19.4.